The zero-order chi connectivity index (χ0) is 12.4. The van der Waals surface area contributed by atoms with Crippen molar-refractivity contribution >= 4 is 16.7 Å². The SMILES string of the molecule is CC(=O)O[C@H](C)c1ccc(C)c2ccccc12. The number of esters is 1. The molecule has 2 aromatic rings. The van der Waals surface area contributed by atoms with Crippen LogP contribution >= 0.6 is 0 Å². The molecule has 0 aliphatic heterocycles. The smallest absolute Gasteiger partial charge is 0.303 e. The minimum absolute atomic E-state index is 0.210. The molecule has 88 valence electrons. The van der Waals surface area contributed by atoms with E-state index >= 15 is 0 Å². The van der Waals surface area contributed by atoms with Gasteiger partial charge in [0, 0.05) is 6.92 Å². The Morgan fingerprint density at radius 1 is 1.12 bits per heavy atom. The first-order valence-corrected chi connectivity index (χ1v) is 5.75. The standard InChI is InChI=1S/C15H16O2/c1-10-8-9-14(11(2)17-12(3)16)15-7-5-4-6-13(10)15/h4-9,11H,1-3H3/t11-/m1/s1. The van der Waals surface area contributed by atoms with Crippen LogP contribution in [0.1, 0.15) is 31.1 Å². The van der Waals surface area contributed by atoms with Crippen LogP contribution in [0.25, 0.3) is 10.8 Å². The second kappa shape index (κ2) is 4.58. The summed E-state index contributed by atoms with van der Waals surface area (Å²) in [6.07, 6.45) is -0.210. The highest BCUT2D eigenvalue weighted by Gasteiger charge is 2.12. The number of carbonyl (C=O) groups is 1. The van der Waals surface area contributed by atoms with E-state index in [1.54, 1.807) is 0 Å². The van der Waals surface area contributed by atoms with E-state index in [-0.39, 0.29) is 12.1 Å². The van der Waals surface area contributed by atoms with Gasteiger partial charge in [-0.25, -0.2) is 0 Å². The van der Waals surface area contributed by atoms with Gasteiger partial charge in [0.15, 0.2) is 0 Å². The van der Waals surface area contributed by atoms with Crippen molar-refractivity contribution in [3.05, 3.63) is 47.5 Å². The Morgan fingerprint density at radius 3 is 2.41 bits per heavy atom. The first-order chi connectivity index (χ1) is 8.09. The van der Waals surface area contributed by atoms with Crippen molar-refractivity contribution in [2.75, 3.05) is 0 Å². The summed E-state index contributed by atoms with van der Waals surface area (Å²) in [5.74, 6) is -0.248. The second-order valence-electron chi connectivity index (χ2n) is 4.27. The molecule has 2 rings (SSSR count). The zero-order valence-electron chi connectivity index (χ0n) is 10.4. The number of hydrogen-bond acceptors (Lipinski definition) is 2. The van der Waals surface area contributed by atoms with Crippen LogP contribution in [0.2, 0.25) is 0 Å². The number of fused-ring (bicyclic) bond motifs is 1. The van der Waals surface area contributed by atoms with E-state index in [1.807, 2.05) is 25.1 Å². The minimum atomic E-state index is -0.248. The molecule has 0 bridgehead atoms. The van der Waals surface area contributed by atoms with Crippen LogP contribution < -0.4 is 0 Å². The fraction of sp³-hybridized carbons (Fsp3) is 0.267. The molecule has 2 nitrogen and oxygen atoms in total. The van der Waals surface area contributed by atoms with E-state index < -0.39 is 0 Å². The van der Waals surface area contributed by atoms with E-state index in [1.165, 1.54) is 17.9 Å². The van der Waals surface area contributed by atoms with Crippen LogP contribution in [0.4, 0.5) is 0 Å². The summed E-state index contributed by atoms with van der Waals surface area (Å²) in [6.45, 7) is 5.42. The highest BCUT2D eigenvalue weighted by atomic mass is 16.5. The Labute approximate surface area is 101 Å². The maximum absolute atomic E-state index is 11.0. The van der Waals surface area contributed by atoms with E-state index in [2.05, 4.69) is 25.1 Å². The Bertz CT molecular complexity index is 558. The van der Waals surface area contributed by atoms with E-state index in [4.69, 9.17) is 4.74 Å². The lowest BCUT2D eigenvalue weighted by Gasteiger charge is -2.15. The number of hydrogen-bond donors (Lipinski definition) is 0. The second-order valence-corrected chi connectivity index (χ2v) is 4.27. The van der Waals surface area contributed by atoms with Crippen molar-refractivity contribution in [3.63, 3.8) is 0 Å². The quantitative estimate of drug-likeness (QED) is 0.731. The summed E-state index contributed by atoms with van der Waals surface area (Å²) in [6, 6.07) is 12.3. The van der Waals surface area contributed by atoms with Gasteiger partial charge in [-0.3, -0.25) is 4.79 Å². The van der Waals surface area contributed by atoms with E-state index in [9.17, 15) is 4.79 Å². The Hall–Kier alpha value is -1.83. The van der Waals surface area contributed by atoms with Gasteiger partial charge in [0.2, 0.25) is 0 Å². The number of aryl methyl sites for hydroxylation is 1. The lowest BCUT2D eigenvalue weighted by molar-refractivity contribution is -0.145. The fourth-order valence-corrected chi connectivity index (χ4v) is 2.14. The lowest BCUT2D eigenvalue weighted by Crippen LogP contribution is -2.05. The van der Waals surface area contributed by atoms with Crippen LogP contribution in [-0.2, 0) is 9.53 Å². The van der Waals surface area contributed by atoms with Crippen molar-refractivity contribution in [1.82, 2.24) is 0 Å². The van der Waals surface area contributed by atoms with Crippen LogP contribution in [0, 0.1) is 6.92 Å². The van der Waals surface area contributed by atoms with Gasteiger partial charge in [-0.1, -0.05) is 36.4 Å². The number of ether oxygens (including phenoxy) is 1. The Balaban J connectivity index is 2.55. The van der Waals surface area contributed by atoms with Crippen molar-refractivity contribution in [2.24, 2.45) is 0 Å². The van der Waals surface area contributed by atoms with Crippen LogP contribution in [0.15, 0.2) is 36.4 Å². The third-order valence-electron chi connectivity index (χ3n) is 2.96. The number of carbonyl (C=O) groups excluding carboxylic acids is 1. The molecular weight excluding hydrogens is 212 g/mol. The highest BCUT2D eigenvalue weighted by Crippen LogP contribution is 2.28. The molecule has 17 heavy (non-hydrogen) atoms. The summed E-state index contributed by atoms with van der Waals surface area (Å²) >= 11 is 0. The van der Waals surface area contributed by atoms with Gasteiger partial charge in [0.25, 0.3) is 0 Å². The highest BCUT2D eigenvalue weighted by molar-refractivity contribution is 5.89. The van der Waals surface area contributed by atoms with E-state index in [0.29, 0.717) is 0 Å². The zero-order valence-corrected chi connectivity index (χ0v) is 10.4. The number of benzene rings is 2. The molecule has 0 saturated heterocycles. The van der Waals surface area contributed by atoms with Gasteiger partial charge in [-0.2, -0.15) is 0 Å². The van der Waals surface area contributed by atoms with Crippen molar-refractivity contribution in [2.45, 2.75) is 26.9 Å². The molecule has 0 amide bonds. The van der Waals surface area contributed by atoms with Crippen molar-refractivity contribution in [3.8, 4) is 0 Å². The first kappa shape index (κ1) is 11.6. The van der Waals surface area contributed by atoms with E-state index in [0.717, 1.165) is 10.9 Å². The average molecular weight is 228 g/mol. The van der Waals surface area contributed by atoms with Crippen LogP contribution in [0.5, 0.6) is 0 Å². The van der Waals surface area contributed by atoms with Gasteiger partial charge in [0.1, 0.15) is 6.10 Å². The summed E-state index contributed by atoms with van der Waals surface area (Å²) in [4.78, 5) is 11.0. The van der Waals surface area contributed by atoms with Gasteiger partial charge in [0.05, 0.1) is 0 Å². The Kier molecular flexibility index (Phi) is 3.14. The number of rotatable bonds is 2. The van der Waals surface area contributed by atoms with Crippen molar-refractivity contribution in [1.29, 1.82) is 0 Å². The third kappa shape index (κ3) is 2.31. The molecule has 0 unspecified atom stereocenters. The molecule has 2 heteroatoms. The summed E-state index contributed by atoms with van der Waals surface area (Å²) < 4.78 is 5.25. The summed E-state index contributed by atoms with van der Waals surface area (Å²) in [7, 11) is 0. The molecule has 0 aromatic heterocycles. The Morgan fingerprint density at radius 2 is 1.76 bits per heavy atom. The maximum atomic E-state index is 11.0. The molecule has 1 atom stereocenters. The van der Waals surface area contributed by atoms with Crippen molar-refractivity contribution < 1.29 is 9.53 Å². The first-order valence-electron chi connectivity index (χ1n) is 5.75. The lowest BCUT2D eigenvalue weighted by atomic mass is 9.98. The van der Waals surface area contributed by atoms with Gasteiger partial charge >= 0.3 is 5.97 Å². The average Bonchev–Trinajstić information content (AvgIpc) is 2.29. The molecule has 0 spiro atoms. The van der Waals surface area contributed by atoms with Crippen LogP contribution in [-0.4, -0.2) is 5.97 Å². The topological polar surface area (TPSA) is 26.3 Å². The largest absolute Gasteiger partial charge is 0.458 e. The third-order valence-corrected chi connectivity index (χ3v) is 2.96. The maximum Gasteiger partial charge on any atom is 0.303 e. The molecule has 0 fully saturated rings. The molecule has 0 N–H and O–H groups in total. The molecular formula is C15H16O2. The predicted molar refractivity (Wildman–Crippen MR) is 68.9 cm³/mol. The molecule has 0 radical (unpaired) electrons. The minimum Gasteiger partial charge on any atom is -0.458 e. The predicted octanol–water partition coefficient (Wildman–Crippen LogP) is 3.77. The fourth-order valence-electron chi connectivity index (χ4n) is 2.14. The normalized spacial score (nSPS) is 12.4. The van der Waals surface area contributed by atoms with Gasteiger partial charge < -0.3 is 4.74 Å². The summed E-state index contributed by atoms with van der Waals surface area (Å²) in [5, 5.41) is 2.37. The van der Waals surface area contributed by atoms with Crippen LogP contribution in [0.3, 0.4) is 0 Å². The molecule has 2 aromatic carbocycles. The monoisotopic (exact) mass is 228 g/mol. The molecule has 0 aliphatic carbocycles. The van der Waals surface area contributed by atoms with Gasteiger partial charge in [-0.15, -0.1) is 0 Å². The van der Waals surface area contributed by atoms with Gasteiger partial charge in [-0.05, 0) is 35.7 Å². The molecule has 0 heterocycles. The summed E-state index contributed by atoms with van der Waals surface area (Å²) in [5.41, 5.74) is 2.29. The molecule has 0 saturated carbocycles. The molecule has 0 aliphatic rings.